The fourth-order valence-electron chi connectivity index (χ4n) is 1.55. The number of rotatable bonds is 7. The van der Waals surface area contributed by atoms with E-state index in [0.717, 1.165) is 0 Å². The van der Waals surface area contributed by atoms with Crippen molar-refractivity contribution in [3.05, 3.63) is 29.8 Å². The number of hydrogen-bond acceptors (Lipinski definition) is 6. The maximum Gasteiger partial charge on any atom is 0.330 e. The van der Waals surface area contributed by atoms with Crippen LogP contribution in [-0.2, 0) is 19.1 Å². The van der Waals surface area contributed by atoms with Gasteiger partial charge >= 0.3 is 11.9 Å². The first kappa shape index (κ1) is 16.6. The number of benzene rings is 1. The van der Waals surface area contributed by atoms with Crippen LogP contribution in [0.2, 0.25) is 0 Å². The topological polar surface area (TPSA) is 82.1 Å². The summed E-state index contributed by atoms with van der Waals surface area (Å²) in [5.74, 6) is -0.434. The van der Waals surface area contributed by atoms with Gasteiger partial charge in [0.1, 0.15) is 11.5 Å². The molecule has 21 heavy (non-hydrogen) atoms. The molecule has 0 amide bonds. The van der Waals surface area contributed by atoms with Gasteiger partial charge < -0.3 is 19.3 Å². The summed E-state index contributed by atoms with van der Waals surface area (Å²) in [4.78, 5) is 22.1. The molecule has 0 aliphatic carbocycles. The summed E-state index contributed by atoms with van der Waals surface area (Å²) in [7, 11) is 2.59. The van der Waals surface area contributed by atoms with Crippen LogP contribution in [0.4, 0.5) is 0 Å². The Kier molecular flexibility index (Phi) is 6.80. The summed E-state index contributed by atoms with van der Waals surface area (Å²) in [6.45, 7) is 0.289. The number of ether oxygens (including phenoxy) is 3. The van der Waals surface area contributed by atoms with Crippen molar-refractivity contribution < 1.29 is 28.9 Å². The van der Waals surface area contributed by atoms with Crippen molar-refractivity contribution in [2.75, 3.05) is 20.8 Å². The number of carbonyl (C=O) groups excluding carboxylic acids is 2. The normalized spacial score (nSPS) is 10.4. The lowest BCUT2D eigenvalue weighted by Gasteiger charge is -2.10. The van der Waals surface area contributed by atoms with E-state index >= 15 is 0 Å². The van der Waals surface area contributed by atoms with Gasteiger partial charge in [0.15, 0.2) is 0 Å². The van der Waals surface area contributed by atoms with Gasteiger partial charge in [0.05, 0.1) is 26.4 Å². The molecule has 0 fully saturated rings. The Hall–Kier alpha value is -2.50. The summed E-state index contributed by atoms with van der Waals surface area (Å²) in [5.41, 5.74) is 0.376. The van der Waals surface area contributed by atoms with E-state index in [-0.39, 0.29) is 24.7 Å². The minimum absolute atomic E-state index is 0.0133. The van der Waals surface area contributed by atoms with Gasteiger partial charge in [-0.2, -0.15) is 0 Å². The molecular weight excluding hydrogens is 276 g/mol. The van der Waals surface area contributed by atoms with Crippen molar-refractivity contribution in [1.29, 1.82) is 0 Å². The summed E-state index contributed by atoms with van der Waals surface area (Å²) in [5, 5.41) is 9.80. The van der Waals surface area contributed by atoms with E-state index in [2.05, 4.69) is 9.47 Å². The van der Waals surface area contributed by atoms with Crippen LogP contribution in [0.15, 0.2) is 24.3 Å². The van der Waals surface area contributed by atoms with E-state index in [1.54, 1.807) is 12.1 Å². The predicted octanol–water partition coefficient (Wildman–Crippen LogP) is 1.91. The average molecular weight is 294 g/mol. The van der Waals surface area contributed by atoms with Crippen molar-refractivity contribution in [2.45, 2.75) is 12.8 Å². The molecule has 0 unspecified atom stereocenters. The van der Waals surface area contributed by atoms with E-state index in [1.807, 2.05) is 0 Å². The van der Waals surface area contributed by atoms with Gasteiger partial charge in [-0.3, -0.25) is 4.79 Å². The van der Waals surface area contributed by atoms with Gasteiger partial charge in [0.2, 0.25) is 0 Å². The smallest absolute Gasteiger partial charge is 0.330 e. The summed E-state index contributed by atoms with van der Waals surface area (Å²) >= 11 is 0. The van der Waals surface area contributed by atoms with Crippen LogP contribution in [0.25, 0.3) is 6.08 Å². The fourth-order valence-corrected chi connectivity index (χ4v) is 1.55. The molecule has 0 heterocycles. The van der Waals surface area contributed by atoms with Crippen molar-refractivity contribution in [3.63, 3.8) is 0 Å². The quantitative estimate of drug-likeness (QED) is 0.470. The van der Waals surface area contributed by atoms with Crippen molar-refractivity contribution in [1.82, 2.24) is 0 Å². The van der Waals surface area contributed by atoms with Crippen LogP contribution < -0.4 is 4.74 Å². The molecule has 0 radical (unpaired) electrons. The van der Waals surface area contributed by atoms with Crippen LogP contribution in [0.3, 0.4) is 0 Å². The van der Waals surface area contributed by atoms with E-state index in [9.17, 15) is 14.7 Å². The summed E-state index contributed by atoms with van der Waals surface area (Å²) < 4.78 is 14.5. The Morgan fingerprint density at radius 3 is 2.67 bits per heavy atom. The molecular formula is C15H18O6. The number of phenolic OH excluding ortho intramolecular Hbond substituents is 1. The average Bonchev–Trinajstić information content (AvgIpc) is 2.50. The maximum absolute atomic E-state index is 11.1. The Morgan fingerprint density at radius 1 is 1.24 bits per heavy atom. The van der Waals surface area contributed by atoms with Gasteiger partial charge in [-0.25, -0.2) is 4.79 Å². The molecule has 1 N–H and O–H groups in total. The highest BCUT2D eigenvalue weighted by molar-refractivity contribution is 5.88. The molecule has 0 atom stereocenters. The van der Waals surface area contributed by atoms with Gasteiger partial charge in [0.25, 0.3) is 0 Å². The van der Waals surface area contributed by atoms with Crippen molar-refractivity contribution in [3.8, 4) is 11.5 Å². The molecule has 0 aromatic heterocycles. The second-order valence-corrected chi connectivity index (χ2v) is 4.07. The Labute approximate surface area is 122 Å². The van der Waals surface area contributed by atoms with Gasteiger partial charge in [-0.1, -0.05) is 6.07 Å². The second-order valence-electron chi connectivity index (χ2n) is 4.07. The standard InChI is InChI=1S/C15H18O6/c1-19-14(17)7-4-10-21-13-6-3-5-12(16)11(13)8-9-15(18)20-2/h3,5-6,8-9,16H,4,7,10H2,1-2H3. The van der Waals surface area contributed by atoms with Gasteiger partial charge in [-0.05, 0) is 24.6 Å². The summed E-state index contributed by atoms with van der Waals surface area (Å²) in [6, 6.07) is 4.77. The molecule has 1 rings (SSSR count). The minimum atomic E-state index is -0.533. The molecule has 0 saturated heterocycles. The Balaban J connectivity index is 2.69. The van der Waals surface area contributed by atoms with Gasteiger partial charge in [-0.15, -0.1) is 0 Å². The van der Waals surface area contributed by atoms with Crippen LogP contribution in [0, 0.1) is 0 Å². The lowest BCUT2D eigenvalue weighted by atomic mass is 10.1. The lowest BCUT2D eigenvalue weighted by molar-refractivity contribution is -0.140. The van der Waals surface area contributed by atoms with Crippen LogP contribution in [-0.4, -0.2) is 37.9 Å². The highest BCUT2D eigenvalue weighted by Crippen LogP contribution is 2.29. The number of hydrogen-bond donors (Lipinski definition) is 1. The van der Waals surface area contributed by atoms with Crippen molar-refractivity contribution >= 4 is 18.0 Å². The molecule has 6 heteroatoms. The van der Waals surface area contributed by atoms with Crippen LogP contribution >= 0.6 is 0 Å². The first-order valence-corrected chi connectivity index (χ1v) is 6.36. The highest BCUT2D eigenvalue weighted by Gasteiger charge is 2.07. The number of methoxy groups -OCH3 is 2. The fraction of sp³-hybridized carbons (Fsp3) is 0.333. The lowest BCUT2D eigenvalue weighted by Crippen LogP contribution is -2.05. The monoisotopic (exact) mass is 294 g/mol. The molecule has 114 valence electrons. The Bertz CT molecular complexity index is 521. The molecule has 6 nitrogen and oxygen atoms in total. The summed E-state index contributed by atoms with van der Waals surface area (Å²) in [6.07, 6.45) is 3.35. The van der Waals surface area contributed by atoms with Gasteiger partial charge in [0, 0.05) is 12.5 Å². The highest BCUT2D eigenvalue weighted by atomic mass is 16.5. The number of carbonyl (C=O) groups is 2. The third-order valence-electron chi connectivity index (χ3n) is 2.64. The van der Waals surface area contributed by atoms with E-state index in [4.69, 9.17) is 4.74 Å². The van der Waals surface area contributed by atoms with E-state index in [1.165, 1.54) is 32.4 Å². The van der Waals surface area contributed by atoms with E-state index < -0.39 is 5.97 Å². The molecule has 0 aliphatic heterocycles. The number of phenols is 1. The molecule has 0 spiro atoms. The largest absolute Gasteiger partial charge is 0.507 e. The molecule has 0 aliphatic rings. The molecule has 0 saturated carbocycles. The van der Waals surface area contributed by atoms with E-state index in [0.29, 0.717) is 17.7 Å². The maximum atomic E-state index is 11.1. The first-order chi connectivity index (χ1) is 10.1. The van der Waals surface area contributed by atoms with Crippen molar-refractivity contribution in [2.24, 2.45) is 0 Å². The predicted molar refractivity (Wildman–Crippen MR) is 75.9 cm³/mol. The van der Waals surface area contributed by atoms with Crippen LogP contribution in [0.5, 0.6) is 11.5 Å². The molecule has 1 aromatic carbocycles. The zero-order valence-corrected chi connectivity index (χ0v) is 12.0. The molecule has 1 aromatic rings. The third-order valence-corrected chi connectivity index (χ3v) is 2.64. The third kappa shape index (κ3) is 5.56. The zero-order valence-electron chi connectivity index (χ0n) is 12.0. The zero-order chi connectivity index (χ0) is 15.7. The Morgan fingerprint density at radius 2 is 2.00 bits per heavy atom. The second kappa shape index (κ2) is 8.63. The SMILES string of the molecule is COC(=O)C=Cc1c(O)cccc1OCCCC(=O)OC. The first-order valence-electron chi connectivity index (χ1n) is 6.36. The molecule has 0 bridgehead atoms. The number of aromatic hydroxyl groups is 1. The number of esters is 2. The van der Waals surface area contributed by atoms with Crippen LogP contribution in [0.1, 0.15) is 18.4 Å². The minimum Gasteiger partial charge on any atom is -0.507 e.